The molecule has 0 amide bonds. The minimum absolute atomic E-state index is 0.589. The number of rotatable bonds is 4. The summed E-state index contributed by atoms with van der Waals surface area (Å²) in [6, 6.07) is 7.74. The molecule has 3 aromatic heterocycles. The molecule has 19 heavy (non-hydrogen) atoms. The second kappa shape index (κ2) is 5.38. The summed E-state index contributed by atoms with van der Waals surface area (Å²) in [7, 11) is 0. The van der Waals surface area contributed by atoms with Crippen LogP contribution in [0.2, 0.25) is 0 Å². The molecule has 6 heteroatoms. The molecule has 3 rings (SSSR count). The van der Waals surface area contributed by atoms with E-state index in [2.05, 4.69) is 19.4 Å². The van der Waals surface area contributed by atoms with Gasteiger partial charge in [0.05, 0.1) is 5.69 Å². The van der Waals surface area contributed by atoms with Crippen LogP contribution in [0.3, 0.4) is 0 Å². The van der Waals surface area contributed by atoms with Gasteiger partial charge in [-0.2, -0.15) is 0 Å². The summed E-state index contributed by atoms with van der Waals surface area (Å²) < 4.78 is 2.07. The van der Waals surface area contributed by atoms with Crippen molar-refractivity contribution in [2.45, 2.75) is 16.6 Å². The topological polar surface area (TPSA) is 69.1 Å². The number of nitrogens with zero attached hydrogens (tertiary/aromatic N) is 4. The molecule has 0 unspecified atom stereocenters. The van der Waals surface area contributed by atoms with Crippen molar-refractivity contribution in [2.24, 2.45) is 5.73 Å². The van der Waals surface area contributed by atoms with E-state index in [0.717, 1.165) is 22.8 Å². The third-order valence-corrected chi connectivity index (χ3v) is 3.62. The zero-order valence-corrected chi connectivity index (χ0v) is 11.0. The lowest BCUT2D eigenvalue weighted by Gasteiger charge is -2.02. The van der Waals surface area contributed by atoms with E-state index in [1.54, 1.807) is 18.5 Å². The quantitative estimate of drug-likeness (QED) is 0.732. The van der Waals surface area contributed by atoms with E-state index in [1.165, 1.54) is 11.8 Å². The maximum Gasteiger partial charge on any atom is 0.193 e. The molecule has 0 aliphatic heterocycles. The number of nitrogens with two attached hydrogens (primary N) is 1. The molecule has 96 valence electrons. The van der Waals surface area contributed by atoms with Crippen LogP contribution < -0.4 is 5.73 Å². The Morgan fingerprint density at radius 2 is 2.00 bits per heavy atom. The Bertz CT molecular complexity index is 680. The molecule has 3 heterocycles. The molecular formula is C13H13N5S. The molecule has 0 saturated heterocycles. The fourth-order valence-electron chi connectivity index (χ4n) is 1.90. The fraction of sp³-hybridized carbons (Fsp3) is 0.154. The first-order chi connectivity index (χ1) is 9.38. The molecule has 2 N–H and O–H groups in total. The average Bonchev–Trinajstić information content (AvgIpc) is 2.79. The first-order valence-electron chi connectivity index (χ1n) is 5.99. The molecule has 0 saturated carbocycles. The molecule has 3 aromatic rings. The van der Waals surface area contributed by atoms with Crippen LogP contribution in [0, 0.1) is 0 Å². The second-order valence-electron chi connectivity index (χ2n) is 3.96. The summed E-state index contributed by atoms with van der Waals surface area (Å²) in [5.74, 6) is 0. The zero-order chi connectivity index (χ0) is 13.1. The van der Waals surface area contributed by atoms with E-state index in [0.29, 0.717) is 11.7 Å². The van der Waals surface area contributed by atoms with Gasteiger partial charge in [-0.05, 0) is 36.5 Å². The third-order valence-electron chi connectivity index (χ3n) is 2.70. The lowest BCUT2D eigenvalue weighted by molar-refractivity contribution is 0.873. The van der Waals surface area contributed by atoms with E-state index in [1.807, 2.05) is 24.4 Å². The van der Waals surface area contributed by atoms with E-state index < -0.39 is 0 Å². The highest BCUT2D eigenvalue weighted by atomic mass is 32.2. The van der Waals surface area contributed by atoms with Crippen LogP contribution in [0.25, 0.3) is 5.65 Å². The molecule has 0 spiro atoms. The number of pyridine rings is 1. The highest BCUT2D eigenvalue weighted by molar-refractivity contribution is 7.99. The summed E-state index contributed by atoms with van der Waals surface area (Å²) >= 11 is 1.47. The Kier molecular flexibility index (Phi) is 3.43. The van der Waals surface area contributed by atoms with Crippen LogP contribution >= 0.6 is 11.8 Å². The van der Waals surface area contributed by atoms with Crippen LogP contribution in [0.5, 0.6) is 0 Å². The van der Waals surface area contributed by atoms with Crippen LogP contribution in [0.15, 0.2) is 53.0 Å². The van der Waals surface area contributed by atoms with E-state index >= 15 is 0 Å². The van der Waals surface area contributed by atoms with E-state index in [4.69, 9.17) is 5.73 Å². The lowest BCUT2D eigenvalue weighted by atomic mass is 10.3. The van der Waals surface area contributed by atoms with Crippen LogP contribution in [-0.4, -0.2) is 25.9 Å². The smallest absolute Gasteiger partial charge is 0.193 e. The minimum atomic E-state index is 0.589. The maximum atomic E-state index is 5.69. The van der Waals surface area contributed by atoms with Gasteiger partial charge in [0.1, 0.15) is 10.7 Å². The Hall–Kier alpha value is -1.92. The number of fused-ring (bicyclic) bond motifs is 1. The van der Waals surface area contributed by atoms with Crippen molar-refractivity contribution in [1.82, 2.24) is 19.4 Å². The summed E-state index contributed by atoms with van der Waals surface area (Å²) in [6.07, 6.45) is 6.24. The summed E-state index contributed by atoms with van der Waals surface area (Å²) in [5.41, 5.74) is 7.72. The zero-order valence-electron chi connectivity index (χ0n) is 10.2. The van der Waals surface area contributed by atoms with Gasteiger partial charge >= 0.3 is 0 Å². The first kappa shape index (κ1) is 12.1. The average molecular weight is 271 g/mol. The SMILES string of the molecule is NCCc1c(Sc2ncccn2)nc2ccccn12. The highest BCUT2D eigenvalue weighted by Gasteiger charge is 2.13. The van der Waals surface area contributed by atoms with E-state index in [-0.39, 0.29) is 0 Å². The number of hydrogen-bond donors (Lipinski definition) is 1. The fourth-order valence-corrected chi connectivity index (χ4v) is 2.75. The second-order valence-corrected chi connectivity index (χ2v) is 4.92. The Balaban J connectivity index is 2.04. The van der Waals surface area contributed by atoms with E-state index in [9.17, 15) is 0 Å². The van der Waals surface area contributed by atoms with Crippen LogP contribution in [0.1, 0.15) is 5.69 Å². The molecule has 0 radical (unpaired) electrons. The molecule has 0 aliphatic rings. The molecule has 0 atom stereocenters. The van der Waals surface area contributed by atoms with Crippen molar-refractivity contribution >= 4 is 17.4 Å². The summed E-state index contributed by atoms with van der Waals surface area (Å²) in [5, 5.41) is 1.62. The predicted molar refractivity (Wildman–Crippen MR) is 74.1 cm³/mol. The van der Waals surface area contributed by atoms with Gasteiger partial charge in [0.2, 0.25) is 0 Å². The van der Waals surface area contributed by atoms with Gasteiger partial charge in [0, 0.05) is 25.0 Å². The van der Waals surface area contributed by atoms with Crippen LogP contribution in [-0.2, 0) is 6.42 Å². The Morgan fingerprint density at radius 3 is 2.79 bits per heavy atom. The molecule has 0 aromatic carbocycles. The molecular weight excluding hydrogens is 258 g/mol. The standard InChI is InChI=1S/C13H13N5S/c14-6-5-10-12(19-13-15-7-3-8-16-13)17-11-4-1-2-9-18(10)11/h1-4,7-9H,5-6,14H2. The van der Waals surface area contributed by atoms with Gasteiger partial charge in [0.25, 0.3) is 0 Å². The number of aromatic nitrogens is 4. The molecule has 0 aliphatic carbocycles. The highest BCUT2D eigenvalue weighted by Crippen LogP contribution is 2.28. The van der Waals surface area contributed by atoms with Gasteiger partial charge in [-0.25, -0.2) is 15.0 Å². The van der Waals surface area contributed by atoms with Crippen molar-refractivity contribution in [3.05, 3.63) is 48.5 Å². The van der Waals surface area contributed by atoms with Gasteiger partial charge in [-0.15, -0.1) is 0 Å². The molecule has 0 bridgehead atoms. The monoisotopic (exact) mass is 271 g/mol. The largest absolute Gasteiger partial charge is 0.330 e. The van der Waals surface area contributed by atoms with Crippen molar-refractivity contribution in [3.63, 3.8) is 0 Å². The van der Waals surface area contributed by atoms with Gasteiger partial charge in [-0.1, -0.05) is 6.07 Å². The maximum absolute atomic E-state index is 5.69. The Morgan fingerprint density at radius 1 is 1.16 bits per heavy atom. The van der Waals surface area contributed by atoms with Gasteiger partial charge in [-0.3, -0.25) is 0 Å². The first-order valence-corrected chi connectivity index (χ1v) is 6.81. The minimum Gasteiger partial charge on any atom is -0.330 e. The molecule has 5 nitrogen and oxygen atoms in total. The van der Waals surface area contributed by atoms with Crippen LogP contribution in [0.4, 0.5) is 0 Å². The predicted octanol–water partition coefficient (Wildman–Crippen LogP) is 1.78. The van der Waals surface area contributed by atoms with Gasteiger partial charge in [0.15, 0.2) is 5.16 Å². The van der Waals surface area contributed by atoms with Crippen molar-refractivity contribution < 1.29 is 0 Å². The lowest BCUT2D eigenvalue weighted by Crippen LogP contribution is -2.06. The normalized spacial score (nSPS) is 11.0. The van der Waals surface area contributed by atoms with Crippen molar-refractivity contribution in [2.75, 3.05) is 6.54 Å². The molecule has 0 fully saturated rings. The summed E-state index contributed by atoms with van der Waals surface area (Å²) in [6.45, 7) is 0.589. The third kappa shape index (κ3) is 2.45. The Labute approximate surface area is 114 Å². The van der Waals surface area contributed by atoms with Crippen molar-refractivity contribution in [1.29, 1.82) is 0 Å². The summed E-state index contributed by atoms with van der Waals surface area (Å²) in [4.78, 5) is 13.1. The van der Waals surface area contributed by atoms with Crippen molar-refractivity contribution in [3.8, 4) is 0 Å². The number of hydrogen-bond acceptors (Lipinski definition) is 5. The van der Waals surface area contributed by atoms with Gasteiger partial charge < -0.3 is 10.1 Å². The number of imidazole rings is 1.